The standard InChI is InChI=1S/C37H49ClN2O4/c1-25-10-11-27-21-29(38)13-15-31(27)37(25)23-40(32-8-6-7-9-33(32)43-24-37)22-28-12-14-30(28)34-20-26(17-19-42-34)16-18-39(5)35(41)44-36(2,3)4/h6-9,13,15-16,21,25,28,30,34H,10-12,14,17-20,22-24H2,1-5H3/b26-16-/t25?,28-,30+,34-,37-/m0/s1. The van der Waals surface area contributed by atoms with E-state index in [1.807, 2.05) is 20.8 Å². The van der Waals surface area contributed by atoms with Crippen LogP contribution in [0.1, 0.15) is 70.9 Å². The summed E-state index contributed by atoms with van der Waals surface area (Å²) in [7, 11) is 1.81. The van der Waals surface area contributed by atoms with E-state index in [1.54, 1.807) is 11.9 Å². The number of fused-ring (bicyclic) bond motifs is 3. The van der Waals surface area contributed by atoms with Gasteiger partial charge in [-0.15, -0.1) is 0 Å². The Balaban J connectivity index is 1.18. The maximum atomic E-state index is 12.4. The number of anilines is 1. The van der Waals surface area contributed by atoms with Gasteiger partial charge in [0.2, 0.25) is 0 Å². The summed E-state index contributed by atoms with van der Waals surface area (Å²) >= 11 is 6.46. The summed E-state index contributed by atoms with van der Waals surface area (Å²) in [4.78, 5) is 16.7. The third-order valence-corrected chi connectivity index (χ3v) is 10.8. The van der Waals surface area contributed by atoms with Crippen LogP contribution in [0.15, 0.2) is 54.1 Å². The van der Waals surface area contributed by atoms with Gasteiger partial charge in [0.25, 0.3) is 0 Å². The highest BCUT2D eigenvalue weighted by molar-refractivity contribution is 6.30. The van der Waals surface area contributed by atoms with Crippen LogP contribution in [0.3, 0.4) is 0 Å². The van der Waals surface area contributed by atoms with E-state index in [4.69, 9.17) is 25.8 Å². The maximum Gasteiger partial charge on any atom is 0.410 e. The predicted molar refractivity (Wildman–Crippen MR) is 177 cm³/mol. The zero-order valence-corrected chi connectivity index (χ0v) is 27.9. The lowest BCUT2D eigenvalue weighted by atomic mass is 9.63. The summed E-state index contributed by atoms with van der Waals surface area (Å²) in [5.74, 6) is 2.58. The molecule has 1 saturated carbocycles. The van der Waals surface area contributed by atoms with E-state index >= 15 is 0 Å². The van der Waals surface area contributed by atoms with Gasteiger partial charge in [-0.2, -0.15) is 0 Å². The van der Waals surface area contributed by atoms with Crippen molar-refractivity contribution in [1.82, 2.24) is 4.90 Å². The van der Waals surface area contributed by atoms with E-state index in [0.29, 0.717) is 30.9 Å². The first-order valence-corrected chi connectivity index (χ1v) is 16.9. The molecule has 4 aliphatic rings. The molecule has 1 saturated heterocycles. The van der Waals surface area contributed by atoms with Gasteiger partial charge in [-0.3, -0.25) is 0 Å². The van der Waals surface area contributed by atoms with Crippen molar-refractivity contribution in [3.05, 3.63) is 70.3 Å². The van der Waals surface area contributed by atoms with Gasteiger partial charge in [0.05, 0.1) is 25.0 Å². The zero-order chi connectivity index (χ0) is 31.1. The molecule has 238 valence electrons. The molecule has 44 heavy (non-hydrogen) atoms. The van der Waals surface area contributed by atoms with Crippen LogP contribution < -0.4 is 9.64 Å². The number of benzene rings is 2. The van der Waals surface area contributed by atoms with Gasteiger partial charge >= 0.3 is 6.09 Å². The third-order valence-electron chi connectivity index (χ3n) is 10.5. The lowest BCUT2D eigenvalue weighted by Gasteiger charge is -2.48. The van der Waals surface area contributed by atoms with Crippen LogP contribution in [0.4, 0.5) is 10.5 Å². The lowest BCUT2D eigenvalue weighted by molar-refractivity contribution is -0.0533. The Morgan fingerprint density at radius 1 is 1.16 bits per heavy atom. The van der Waals surface area contributed by atoms with Gasteiger partial charge in [-0.05, 0) is 112 Å². The second-order valence-corrected chi connectivity index (χ2v) is 15.1. The number of carbonyl (C=O) groups is 1. The first-order valence-electron chi connectivity index (χ1n) is 16.5. The Morgan fingerprint density at radius 2 is 1.98 bits per heavy atom. The highest BCUT2D eigenvalue weighted by Gasteiger charge is 2.47. The molecule has 0 bridgehead atoms. The molecule has 0 N–H and O–H groups in total. The highest BCUT2D eigenvalue weighted by atomic mass is 35.5. The number of carbonyl (C=O) groups excluding carboxylic acids is 1. The molecule has 2 aromatic carbocycles. The number of nitrogens with zero attached hydrogens (tertiary/aromatic N) is 2. The Bertz CT molecular complexity index is 1390. The fourth-order valence-electron chi connectivity index (χ4n) is 7.81. The number of hydrogen-bond donors (Lipinski definition) is 0. The zero-order valence-electron chi connectivity index (χ0n) is 27.1. The minimum atomic E-state index is -0.493. The lowest BCUT2D eigenvalue weighted by Crippen LogP contribution is -2.53. The van der Waals surface area contributed by atoms with Gasteiger partial charge in [-0.25, -0.2) is 4.79 Å². The van der Waals surface area contributed by atoms with Gasteiger partial charge < -0.3 is 24.0 Å². The van der Waals surface area contributed by atoms with E-state index in [-0.39, 0.29) is 17.6 Å². The molecule has 7 heteroatoms. The third kappa shape index (κ3) is 6.48. The number of rotatable bonds is 5. The number of aryl methyl sites for hydroxylation is 1. The molecule has 1 spiro atoms. The number of ether oxygens (including phenoxy) is 3. The van der Waals surface area contributed by atoms with Crippen molar-refractivity contribution in [2.45, 2.75) is 83.3 Å². The SMILES string of the molecule is CC1CCc2cc(Cl)ccc2[C@@]12COc1ccccc1N(C[C@@H]1CC[C@H]1[C@@H]1C/C(=C\CN(C)C(=O)OC(C)(C)C)CCO1)C2. The van der Waals surface area contributed by atoms with Crippen LogP contribution in [-0.2, 0) is 21.3 Å². The van der Waals surface area contributed by atoms with E-state index in [0.717, 1.165) is 56.2 Å². The van der Waals surface area contributed by atoms with Crippen LogP contribution in [-0.4, -0.2) is 62.6 Å². The molecule has 1 amide bonds. The summed E-state index contributed by atoms with van der Waals surface area (Å²) in [6.45, 7) is 12.0. The number of likely N-dealkylation sites (N-methyl/N-ethyl adjacent to an activating group) is 1. The van der Waals surface area contributed by atoms with Crippen molar-refractivity contribution in [3.63, 3.8) is 0 Å². The second-order valence-electron chi connectivity index (χ2n) is 14.6. The molecule has 2 aromatic rings. The van der Waals surface area contributed by atoms with Crippen LogP contribution in [0.5, 0.6) is 5.75 Å². The molecule has 2 aliphatic heterocycles. The number of hydrogen-bond acceptors (Lipinski definition) is 5. The molecular weight excluding hydrogens is 572 g/mol. The monoisotopic (exact) mass is 620 g/mol. The van der Waals surface area contributed by atoms with Crippen molar-refractivity contribution < 1.29 is 19.0 Å². The smallest absolute Gasteiger partial charge is 0.410 e. The van der Waals surface area contributed by atoms with Crippen LogP contribution in [0.2, 0.25) is 5.02 Å². The molecule has 0 radical (unpaired) electrons. The Labute approximate surface area is 268 Å². The van der Waals surface area contributed by atoms with Crippen molar-refractivity contribution in [1.29, 1.82) is 0 Å². The summed E-state index contributed by atoms with van der Waals surface area (Å²) in [5.41, 5.74) is 4.80. The molecule has 5 atom stereocenters. The van der Waals surface area contributed by atoms with Gasteiger partial charge in [0.1, 0.15) is 11.4 Å². The average molecular weight is 621 g/mol. The Morgan fingerprint density at radius 3 is 2.75 bits per heavy atom. The molecule has 1 unspecified atom stereocenters. The molecule has 2 fully saturated rings. The van der Waals surface area contributed by atoms with Crippen LogP contribution >= 0.6 is 11.6 Å². The van der Waals surface area contributed by atoms with Crippen molar-refractivity contribution in [3.8, 4) is 5.75 Å². The minimum Gasteiger partial charge on any atom is -0.490 e. The molecule has 6 nitrogen and oxygen atoms in total. The van der Waals surface area contributed by atoms with E-state index < -0.39 is 5.60 Å². The highest BCUT2D eigenvalue weighted by Crippen LogP contribution is 2.49. The van der Waals surface area contributed by atoms with E-state index in [2.05, 4.69) is 60.4 Å². The fourth-order valence-corrected chi connectivity index (χ4v) is 8.00. The average Bonchev–Trinajstić information content (AvgIpc) is 3.13. The summed E-state index contributed by atoms with van der Waals surface area (Å²) in [5, 5.41) is 0.817. The van der Waals surface area contributed by atoms with Crippen molar-refractivity contribution in [2.24, 2.45) is 17.8 Å². The normalized spacial score (nSPS) is 29.2. The van der Waals surface area contributed by atoms with Gasteiger partial charge in [-0.1, -0.05) is 48.4 Å². The molecule has 2 heterocycles. The quantitative estimate of drug-likeness (QED) is 0.317. The molecule has 2 aliphatic carbocycles. The molecule has 0 aromatic heterocycles. The molecular formula is C37H49ClN2O4. The van der Waals surface area contributed by atoms with Crippen molar-refractivity contribution >= 4 is 23.4 Å². The van der Waals surface area contributed by atoms with Gasteiger partial charge in [0.15, 0.2) is 0 Å². The summed E-state index contributed by atoms with van der Waals surface area (Å²) in [6, 6.07) is 15.1. The van der Waals surface area contributed by atoms with E-state index in [9.17, 15) is 4.79 Å². The summed E-state index contributed by atoms with van der Waals surface area (Å²) in [6.07, 6.45) is 8.66. The topological polar surface area (TPSA) is 51.2 Å². The Kier molecular flexibility index (Phi) is 8.96. The van der Waals surface area contributed by atoms with Crippen LogP contribution in [0, 0.1) is 17.8 Å². The van der Waals surface area contributed by atoms with Gasteiger partial charge in [0, 0.05) is 37.1 Å². The maximum absolute atomic E-state index is 12.4. The van der Waals surface area contributed by atoms with Crippen LogP contribution in [0.25, 0.3) is 0 Å². The predicted octanol–water partition coefficient (Wildman–Crippen LogP) is 8.06. The first kappa shape index (κ1) is 31.3. The number of para-hydroxylation sites is 2. The number of halogens is 1. The number of amides is 1. The first-order chi connectivity index (χ1) is 21.0. The molecule has 6 rings (SSSR count). The largest absolute Gasteiger partial charge is 0.490 e. The van der Waals surface area contributed by atoms with E-state index in [1.165, 1.54) is 35.2 Å². The van der Waals surface area contributed by atoms with Crippen molar-refractivity contribution in [2.75, 3.05) is 44.8 Å². The summed E-state index contributed by atoms with van der Waals surface area (Å²) < 4.78 is 18.6. The minimum absolute atomic E-state index is 0.0894. The second kappa shape index (κ2) is 12.6. The fraction of sp³-hybridized carbons (Fsp3) is 0.595. The Hall–Kier alpha value is -2.70.